The van der Waals surface area contributed by atoms with Gasteiger partial charge in [0, 0.05) is 48.9 Å². The Bertz CT molecular complexity index is 2040. The number of aliphatic hydroxyl groups excluding tert-OH is 1. The van der Waals surface area contributed by atoms with Crippen LogP contribution in [0.1, 0.15) is 57.0 Å². The molecule has 1 aromatic heterocycles. The fourth-order valence-corrected chi connectivity index (χ4v) is 6.49. The van der Waals surface area contributed by atoms with Gasteiger partial charge in [-0.05, 0) is 72.7 Å². The molecule has 0 unspecified atom stereocenters. The van der Waals surface area contributed by atoms with Crippen LogP contribution >= 0.6 is 0 Å². The lowest BCUT2D eigenvalue weighted by molar-refractivity contribution is -0.135. The maximum Gasteiger partial charge on any atom is 0.371 e. The van der Waals surface area contributed by atoms with Gasteiger partial charge in [0.15, 0.2) is 5.78 Å². The number of furan rings is 1. The minimum Gasteiger partial charge on any atom is -0.502 e. The molecule has 12 nitrogen and oxygen atoms in total. The van der Waals surface area contributed by atoms with Gasteiger partial charge >= 0.3 is 5.97 Å². The highest BCUT2D eigenvalue weighted by Crippen LogP contribution is 2.48. The molecule has 1 heterocycles. The van der Waals surface area contributed by atoms with Crippen LogP contribution in [-0.4, -0.2) is 76.0 Å². The first-order valence-corrected chi connectivity index (χ1v) is 17.7. The number of anilines is 1. The summed E-state index contributed by atoms with van der Waals surface area (Å²) in [6.45, 7) is 0.984. The minimum absolute atomic E-state index is 0.126. The van der Waals surface area contributed by atoms with Crippen molar-refractivity contribution in [3.8, 4) is 11.3 Å². The Kier molecular flexibility index (Phi) is 11.3. The molecule has 1 amide bonds. The molecule has 1 aliphatic rings. The summed E-state index contributed by atoms with van der Waals surface area (Å²) in [5, 5.41) is 21.2. The Labute approximate surface area is 288 Å². The predicted molar refractivity (Wildman–Crippen MR) is 183 cm³/mol. The van der Waals surface area contributed by atoms with Gasteiger partial charge in [-0.3, -0.25) is 13.9 Å². The second kappa shape index (κ2) is 15.7. The molecule has 0 saturated heterocycles. The molecule has 1 fully saturated rings. The first-order chi connectivity index (χ1) is 23.9. The number of rotatable bonds is 17. The van der Waals surface area contributed by atoms with E-state index >= 15 is 0 Å². The summed E-state index contributed by atoms with van der Waals surface area (Å²) in [7, 11) is -2.22. The van der Waals surface area contributed by atoms with Crippen LogP contribution in [0.5, 0.6) is 0 Å². The summed E-state index contributed by atoms with van der Waals surface area (Å²) < 4.78 is 58.7. The van der Waals surface area contributed by atoms with Crippen LogP contribution in [-0.2, 0) is 30.9 Å². The molecule has 0 bridgehead atoms. The topological polar surface area (TPSA) is 173 Å². The quantitative estimate of drug-likeness (QED) is 0.0545. The van der Waals surface area contributed by atoms with Crippen molar-refractivity contribution in [3.05, 3.63) is 101 Å². The number of aliphatic carboxylic acids is 1. The lowest BCUT2D eigenvalue weighted by atomic mass is 10.0. The van der Waals surface area contributed by atoms with Crippen LogP contribution in [0.3, 0.4) is 0 Å². The number of ketones is 1. The maximum absolute atomic E-state index is 13.7. The number of hydrogen-bond acceptors (Lipinski definition) is 9. The van der Waals surface area contributed by atoms with Gasteiger partial charge in [-0.2, -0.15) is 0 Å². The molecular formula is C36H37FN2O10S. The molecule has 3 N–H and O–H groups in total. The van der Waals surface area contributed by atoms with Crippen molar-refractivity contribution in [3.63, 3.8) is 0 Å². The first kappa shape index (κ1) is 36.2. The van der Waals surface area contributed by atoms with E-state index in [-0.39, 0.29) is 56.1 Å². The summed E-state index contributed by atoms with van der Waals surface area (Å²) in [6.07, 6.45) is 3.90. The number of carbonyl (C=O) groups excluding carboxylic acids is 2. The molecule has 50 heavy (non-hydrogen) atoms. The second-order valence-electron chi connectivity index (χ2n) is 11.8. The number of nitrogens with zero attached hydrogens (tertiary/aromatic N) is 1. The Morgan fingerprint density at radius 3 is 2.40 bits per heavy atom. The Balaban J connectivity index is 1.23. The molecule has 264 valence electrons. The number of carboxylic acid groups (broad SMARTS) is 1. The van der Waals surface area contributed by atoms with Crippen LogP contribution in [0.2, 0.25) is 0 Å². The summed E-state index contributed by atoms with van der Waals surface area (Å²) in [4.78, 5) is 36.0. The highest BCUT2D eigenvalue weighted by atomic mass is 32.2. The fourth-order valence-electron chi connectivity index (χ4n) is 5.51. The number of allylic oxidation sites excluding steroid dienone is 1. The molecule has 4 aromatic rings. The van der Waals surface area contributed by atoms with E-state index < -0.39 is 33.4 Å². The van der Waals surface area contributed by atoms with E-state index in [0.717, 1.165) is 24.7 Å². The first-order valence-electron chi connectivity index (χ1n) is 15.9. The van der Waals surface area contributed by atoms with Crippen LogP contribution < -0.4 is 9.62 Å². The summed E-state index contributed by atoms with van der Waals surface area (Å²) in [5.74, 6) is -3.74. The van der Waals surface area contributed by atoms with Gasteiger partial charge in [0.2, 0.25) is 15.8 Å². The summed E-state index contributed by atoms with van der Waals surface area (Å²) in [6, 6.07) is 15.5. The number of carbonyl (C=O) groups is 3. The number of benzene rings is 3. The monoisotopic (exact) mass is 708 g/mol. The lowest BCUT2D eigenvalue weighted by Crippen LogP contribution is -2.32. The van der Waals surface area contributed by atoms with Gasteiger partial charge < -0.3 is 29.4 Å². The molecule has 3 aromatic carbocycles. The number of fused-ring (bicyclic) bond motifs is 1. The average molecular weight is 709 g/mol. The number of sulfonamides is 1. The zero-order valence-corrected chi connectivity index (χ0v) is 28.3. The Morgan fingerprint density at radius 1 is 1.02 bits per heavy atom. The molecule has 1 aliphatic carbocycles. The normalized spacial score (nSPS) is 13.4. The van der Waals surface area contributed by atoms with Gasteiger partial charge in [0.1, 0.15) is 17.2 Å². The maximum atomic E-state index is 13.7. The number of aliphatic hydroxyl groups is 1. The summed E-state index contributed by atoms with van der Waals surface area (Å²) in [5.41, 5.74) is 3.26. The van der Waals surface area contributed by atoms with Crippen LogP contribution in [0, 0.1) is 5.82 Å². The molecule has 0 aliphatic heterocycles. The molecule has 0 spiro atoms. The number of hydrogen-bond donors (Lipinski definition) is 3. The van der Waals surface area contributed by atoms with Gasteiger partial charge in [-0.15, -0.1) is 0 Å². The SMILES string of the molecule is CNC(=O)c1c(-c2ccc(F)cc2)oc2cc(N(CCCOCCOCc3cccc(C(=O)/C=C(\O)C(=O)O)c3)S(C)(=O)=O)c(C3CC3)cc12. The predicted octanol–water partition coefficient (Wildman–Crippen LogP) is 5.57. The van der Waals surface area contributed by atoms with Crippen LogP contribution in [0.4, 0.5) is 10.1 Å². The van der Waals surface area contributed by atoms with Gasteiger partial charge in [-0.1, -0.05) is 18.2 Å². The summed E-state index contributed by atoms with van der Waals surface area (Å²) >= 11 is 0. The zero-order chi connectivity index (χ0) is 36.0. The number of amides is 1. The van der Waals surface area contributed by atoms with Crippen molar-refractivity contribution in [2.45, 2.75) is 31.8 Å². The number of nitrogens with one attached hydrogen (secondary N) is 1. The van der Waals surface area contributed by atoms with Crippen molar-refractivity contribution >= 4 is 44.3 Å². The number of ether oxygens (including phenoxy) is 2. The third-order valence-electron chi connectivity index (χ3n) is 8.07. The third-order valence-corrected chi connectivity index (χ3v) is 9.25. The zero-order valence-electron chi connectivity index (χ0n) is 27.5. The third kappa shape index (κ3) is 8.75. The van der Waals surface area contributed by atoms with Crippen molar-refractivity contribution in [1.29, 1.82) is 0 Å². The van der Waals surface area contributed by atoms with E-state index in [0.29, 0.717) is 45.8 Å². The highest BCUT2D eigenvalue weighted by molar-refractivity contribution is 7.92. The van der Waals surface area contributed by atoms with E-state index in [2.05, 4.69) is 5.32 Å². The average Bonchev–Trinajstić information content (AvgIpc) is 3.86. The van der Waals surface area contributed by atoms with Crippen molar-refractivity contribution in [2.75, 3.05) is 44.0 Å². The van der Waals surface area contributed by atoms with Gasteiger partial charge in [-0.25, -0.2) is 17.6 Å². The van der Waals surface area contributed by atoms with E-state index in [1.54, 1.807) is 18.2 Å². The van der Waals surface area contributed by atoms with E-state index in [1.807, 2.05) is 6.07 Å². The van der Waals surface area contributed by atoms with Gasteiger partial charge in [0.25, 0.3) is 5.91 Å². The van der Waals surface area contributed by atoms with E-state index in [1.165, 1.54) is 47.8 Å². The van der Waals surface area contributed by atoms with Gasteiger partial charge in [0.05, 0.1) is 37.3 Å². The van der Waals surface area contributed by atoms with E-state index in [4.69, 9.17) is 19.0 Å². The van der Waals surface area contributed by atoms with Crippen LogP contribution in [0.15, 0.2) is 76.9 Å². The smallest absolute Gasteiger partial charge is 0.371 e. The Hall–Kier alpha value is -5.05. The largest absolute Gasteiger partial charge is 0.502 e. The van der Waals surface area contributed by atoms with E-state index in [9.17, 15) is 32.3 Å². The minimum atomic E-state index is -3.73. The second-order valence-corrected chi connectivity index (χ2v) is 13.7. The molecule has 0 radical (unpaired) electrons. The number of halogens is 1. The Morgan fingerprint density at radius 2 is 1.74 bits per heavy atom. The molecule has 1 saturated carbocycles. The molecule has 5 rings (SSSR count). The fraction of sp³-hybridized carbons (Fsp3) is 0.306. The van der Waals surface area contributed by atoms with Crippen molar-refractivity contribution in [2.24, 2.45) is 0 Å². The van der Waals surface area contributed by atoms with Crippen molar-refractivity contribution < 1.29 is 51.3 Å². The standard InChI is InChI=1S/C36H37FN2O10S/c1-38-35(42)33-28-18-27(23-7-8-23)29(19-32(28)49-34(33)24-9-11-26(37)12-10-24)39(50(2,45)46)13-4-14-47-15-16-48-21-22-5-3-6-25(17-22)30(40)20-31(41)36(43)44/h3,5-6,9-12,17-20,23,41H,4,7-8,13-16,21H2,1-2H3,(H,38,42)(H,43,44)/b31-20-. The number of carboxylic acids is 1. The molecular weight excluding hydrogens is 671 g/mol. The van der Waals surface area contributed by atoms with Crippen LogP contribution in [0.25, 0.3) is 22.3 Å². The molecule has 14 heteroatoms. The lowest BCUT2D eigenvalue weighted by Gasteiger charge is -2.25. The molecule has 0 atom stereocenters. The highest BCUT2D eigenvalue weighted by Gasteiger charge is 2.33. The van der Waals surface area contributed by atoms with Crippen molar-refractivity contribution in [1.82, 2.24) is 5.32 Å².